The molecule has 1 heterocycles. The van der Waals surface area contributed by atoms with Gasteiger partial charge in [-0.1, -0.05) is 15.9 Å². The number of rotatable bonds is 3. The molecule has 2 aromatic carbocycles. The van der Waals surface area contributed by atoms with E-state index in [2.05, 4.69) is 30.6 Å². The number of fused-ring (bicyclic) bond motifs is 1. The first-order valence-corrected chi connectivity index (χ1v) is 8.31. The van der Waals surface area contributed by atoms with Crippen molar-refractivity contribution in [3.8, 4) is 0 Å². The summed E-state index contributed by atoms with van der Waals surface area (Å²) in [7, 11) is -3.62. The highest BCUT2D eigenvalue weighted by molar-refractivity contribution is 9.10. The Morgan fingerprint density at radius 2 is 1.57 bits per heavy atom. The van der Waals surface area contributed by atoms with Crippen LogP contribution in [0.1, 0.15) is 0 Å². The molecule has 0 atom stereocenters. The molecular weight excluding hydrogens is 354 g/mol. The van der Waals surface area contributed by atoms with Crippen molar-refractivity contribution in [2.24, 2.45) is 0 Å². The average molecular weight is 364 g/mol. The third kappa shape index (κ3) is 3.03. The smallest absolute Gasteiger partial charge is 0.261 e. The monoisotopic (exact) mass is 363 g/mol. The van der Waals surface area contributed by atoms with E-state index in [1.807, 2.05) is 0 Å². The first kappa shape index (κ1) is 14.0. The number of benzene rings is 2. The van der Waals surface area contributed by atoms with Crippen molar-refractivity contribution in [2.45, 2.75) is 4.90 Å². The Balaban J connectivity index is 1.95. The van der Waals surface area contributed by atoms with Crippen LogP contribution in [0.4, 0.5) is 5.69 Å². The van der Waals surface area contributed by atoms with E-state index in [9.17, 15) is 8.42 Å². The quantitative estimate of drug-likeness (QED) is 0.775. The third-order valence-electron chi connectivity index (χ3n) is 2.85. The van der Waals surface area contributed by atoms with Crippen molar-refractivity contribution in [1.29, 1.82) is 0 Å². The van der Waals surface area contributed by atoms with E-state index < -0.39 is 10.0 Å². The summed E-state index contributed by atoms with van der Waals surface area (Å²) in [6.07, 6.45) is 3.16. The second kappa shape index (κ2) is 5.42. The lowest BCUT2D eigenvalue weighted by molar-refractivity contribution is 0.601. The molecular formula is C14H10BrN3O2S. The molecule has 0 saturated carbocycles. The van der Waals surface area contributed by atoms with Crippen LogP contribution in [0, 0.1) is 0 Å². The fourth-order valence-electron chi connectivity index (χ4n) is 1.85. The molecule has 1 N–H and O–H groups in total. The predicted octanol–water partition coefficient (Wildman–Crippen LogP) is 3.19. The Morgan fingerprint density at radius 3 is 2.29 bits per heavy atom. The Bertz CT molecular complexity index is 895. The zero-order chi connectivity index (χ0) is 14.9. The van der Waals surface area contributed by atoms with Crippen molar-refractivity contribution in [2.75, 3.05) is 4.72 Å². The third-order valence-corrected chi connectivity index (χ3v) is 4.77. The molecule has 0 aliphatic heterocycles. The van der Waals surface area contributed by atoms with Gasteiger partial charge in [0.15, 0.2) is 0 Å². The van der Waals surface area contributed by atoms with Crippen LogP contribution in [0.15, 0.2) is 64.2 Å². The summed E-state index contributed by atoms with van der Waals surface area (Å²) in [6, 6.07) is 11.5. The molecule has 0 amide bonds. The maximum atomic E-state index is 12.3. The SMILES string of the molecule is O=S(=O)(Nc1ccc2nccnc2c1)c1ccc(Br)cc1. The standard InChI is InChI=1S/C14H10BrN3O2S/c15-10-1-4-12(5-2-10)21(19,20)18-11-3-6-13-14(9-11)17-8-7-16-13/h1-9,18H. The highest BCUT2D eigenvalue weighted by Gasteiger charge is 2.14. The van der Waals surface area contributed by atoms with Crippen LogP contribution < -0.4 is 4.72 Å². The molecule has 3 rings (SSSR count). The van der Waals surface area contributed by atoms with E-state index in [1.54, 1.807) is 42.7 Å². The predicted molar refractivity (Wildman–Crippen MR) is 84.5 cm³/mol. The Kier molecular flexibility index (Phi) is 3.60. The number of sulfonamides is 1. The highest BCUT2D eigenvalue weighted by Crippen LogP contribution is 2.20. The lowest BCUT2D eigenvalue weighted by atomic mass is 10.3. The van der Waals surface area contributed by atoms with Crippen molar-refractivity contribution < 1.29 is 8.42 Å². The fourth-order valence-corrected chi connectivity index (χ4v) is 3.17. The summed E-state index contributed by atoms with van der Waals surface area (Å²) in [6.45, 7) is 0. The molecule has 5 nitrogen and oxygen atoms in total. The summed E-state index contributed by atoms with van der Waals surface area (Å²) in [5.41, 5.74) is 1.79. The highest BCUT2D eigenvalue weighted by atomic mass is 79.9. The lowest BCUT2D eigenvalue weighted by Crippen LogP contribution is -2.12. The minimum Gasteiger partial charge on any atom is -0.280 e. The van der Waals surface area contributed by atoms with Gasteiger partial charge in [0.25, 0.3) is 10.0 Å². The minimum atomic E-state index is -3.62. The number of hydrogen-bond acceptors (Lipinski definition) is 4. The van der Waals surface area contributed by atoms with Crippen molar-refractivity contribution in [3.05, 3.63) is 59.3 Å². The number of nitrogens with one attached hydrogen (secondary N) is 1. The van der Waals surface area contributed by atoms with Gasteiger partial charge in [-0.05, 0) is 42.5 Å². The van der Waals surface area contributed by atoms with Gasteiger partial charge in [0.2, 0.25) is 0 Å². The molecule has 0 radical (unpaired) electrons. The van der Waals surface area contributed by atoms with E-state index in [0.29, 0.717) is 16.7 Å². The molecule has 21 heavy (non-hydrogen) atoms. The van der Waals surface area contributed by atoms with Gasteiger partial charge in [-0.15, -0.1) is 0 Å². The number of hydrogen-bond donors (Lipinski definition) is 1. The van der Waals surface area contributed by atoms with E-state index in [4.69, 9.17) is 0 Å². The van der Waals surface area contributed by atoms with Crippen LogP contribution in [0.2, 0.25) is 0 Å². The van der Waals surface area contributed by atoms with Crippen molar-refractivity contribution in [3.63, 3.8) is 0 Å². The summed E-state index contributed by atoms with van der Waals surface area (Å²) in [4.78, 5) is 8.49. The largest absolute Gasteiger partial charge is 0.280 e. The number of nitrogens with zero attached hydrogens (tertiary/aromatic N) is 2. The van der Waals surface area contributed by atoms with E-state index in [-0.39, 0.29) is 4.90 Å². The lowest BCUT2D eigenvalue weighted by Gasteiger charge is -2.08. The summed E-state index contributed by atoms with van der Waals surface area (Å²) in [5, 5.41) is 0. The number of anilines is 1. The van der Waals surface area contributed by atoms with Crippen molar-refractivity contribution >= 4 is 42.7 Å². The van der Waals surface area contributed by atoms with Gasteiger partial charge in [-0.2, -0.15) is 0 Å². The molecule has 3 aromatic rings. The molecule has 106 valence electrons. The normalized spacial score (nSPS) is 11.5. The van der Waals surface area contributed by atoms with Gasteiger partial charge in [0, 0.05) is 16.9 Å². The second-order valence-electron chi connectivity index (χ2n) is 4.32. The first-order chi connectivity index (χ1) is 10.0. The Hall–Kier alpha value is -1.99. The Labute approximate surface area is 130 Å². The van der Waals surface area contributed by atoms with Gasteiger partial charge in [-0.25, -0.2) is 8.42 Å². The second-order valence-corrected chi connectivity index (χ2v) is 6.92. The molecule has 0 fully saturated rings. The maximum Gasteiger partial charge on any atom is 0.261 e. The van der Waals surface area contributed by atoms with Crippen LogP contribution in [0.5, 0.6) is 0 Å². The van der Waals surface area contributed by atoms with Crippen molar-refractivity contribution in [1.82, 2.24) is 9.97 Å². The zero-order valence-corrected chi connectivity index (χ0v) is 13.1. The van der Waals surface area contributed by atoms with E-state index in [1.165, 1.54) is 12.1 Å². The molecule has 0 saturated heterocycles. The molecule has 0 aliphatic carbocycles. The van der Waals surface area contributed by atoms with Gasteiger partial charge in [0.1, 0.15) is 0 Å². The summed E-state index contributed by atoms with van der Waals surface area (Å²) >= 11 is 3.28. The van der Waals surface area contributed by atoms with Crippen LogP contribution in [0.3, 0.4) is 0 Å². The molecule has 0 unspecified atom stereocenters. The Morgan fingerprint density at radius 1 is 0.905 bits per heavy atom. The molecule has 0 spiro atoms. The molecule has 7 heteroatoms. The molecule has 1 aromatic heterocycles. The van der Waals surface area contributed by atoms with Gasteiger partial charge >= 0.3 is 0 Å². The summed E-state index contributed by atoms with van der Waals surface area (Å²) < 4.78 is 27.9. The minimum absolute atomic E-state index is 0.199. The van der Waals surface area contributed by atoms with Gasteiger partial charge in [-0.3, -0.25) is 14.7 Å². The zero-order valence-electron chi connectivity index (χ0n) is 10.7. The average Bonchev–Trinajstić information content (AvgIpc) is 2.47. The fraction of sp³-hybridized carbons (Fsp3) is 0. The molecule has 0 bridgehead atoms. The molecule has 0 aliphatic rings. The number of aromatic nitrogens is 2. The van der Waals surface area contributed by atoms with E-state index in [0.717, 1.165) is 4.47 Å². The van der Waals surface area contributed by atoms with Gasteiger partial charge < -0.3 is 0 Å². The van der Waals surface area contributed by atoms with Crippen LogP contribution in [-0.4, -0.2) is 18.4 Å². The van der Waals surface area contributed by atoms with E-state index >= 15 is 0 Å². The van der Waals surface area contributed by atoms with Crippen LogP contribution in [0.25, 0.3) is 11.0 Å². The topological polar surface area (TPSA) is 72.0 Å². The van der Waals surface area contributed by atoms with Gasteiger partial charge in [0.05, 0.1) is 21.6 Å². The summed E-state index contributed by atoms with van der Waals surface area (Å²) in [5.74, 6) is 0. The number of halogens is 1. The first-order valence-electron chi connectivity index (χ1n) is 6.04. The maximum absolute atomic E-state index is 12.3. The van der Waals surface area contributed by atoms with Crippen LogP contribution in [-0.2, 0) is 10.0 Å². The van der Waals surface area contributed by atoms with Crippen LogP contribution >= 0.6 is 15.9 Å².